The van der Waals surface area contributed by atoms with Crippen LogP contribution >= 0.6 is 0 Å². The van der Waals surface area contributed by atoms with Crippen LogP contribution in [0.3, 0.4) is 0 Å². The van der Waals surface area contributed by atoms with E-state index in [-0.39, 0.29) is 12.2 Å². The molecule has 0 N–H and O–H groups in total. The predicted molar refractivity (Wildman–Crippen MR) is 95.6 cm³/mol. The molecule has 0 radical (unpaired) electrons. The predicted octanol–water partition coefficient (Wildman–Crippen LogP) is 4.27. The van der Waals surface area contributed by atoms with Crippen molar-refractivity contribution in [3.63, 3.8) is 0 Å². The molecule has 0 unspecified atom stereocenters. The number of carbonyl (C=O) groups is 1. The molecule has 0 aliphatic heterocycles. The van der Waals surface area contributed by atoms with Gasteiger partial charge in [-0.25, -0.2) is 4.98 Å². The smallest absolute Gasteiger partial charge is 0.185 e. The van der Waals surface area contributed by atoms with Gasteiger partial charge in [0.25, 0.3) is 0 Å². The van der Waals surface area contributed by atoms with Crippen molar-refractivity contribution < 1.29 is 4.79 Å². The average molecular weight is 333 g/mol. The lowest BCUT2D eigenvalue weighted by molar-refractivity contribution is 0.0983. The number of nitrogens with zero attached hydrogens (tertiary/aromatic N) is 5. The van der Waals surface area contributed by atoms with Gasteiger partial charge in [-0.3, -0.25) is 9.48 Å². The van der Waals surface area contributed by atoms with E-state index in [2.05, 4.69) is 20.3 Å². The number of aromatic nitrogens is 3. The molecule has 2 heterocycles. The molecule has 126 valence electrons. The van der Waals surface area contributed by atoms with Crippen LogP contribution in [0.5, 0.6) is 0 Å². The standard InChI is InChI=1S/C19H19N5O/c1-13-6-4-5-7-16(13)22-23-19-9-8-15(14(2)21-19)12-18(25)17-10-11-20-24(17)3/h4-11H,12H2,1-3H3. The molecule has 3 aromatic rings. The van der Waals surface area contributed by atoms with E-state index in [1.165, 1.54) is 0 Å². The molecule has 25 heavy (non-hydrogen) atoms. The van der Waals surface area contributed by atoms with Crippen LogP contribution in [0.1, 0.15) is 27.3 Å². The van der Waals surface area contributed by atoms with Crippen LogP contribution in [0.25, 0.3) is 0 Å². The van der Waals surface area contributed by atoms with Gasteiger partial charge in [0.2, 0.25) is 0 Å². The first-order valence-electron chi connectivity index (χ1n) is 7.99. The van der Waals surface area contributed by atoms with Gasteiger partial charge in [-0.2, -0.15) is 5.10 Å². The summed E-state index contributed by atoms with van der Waals surface area (Å²) >= 11 is 0. The summed E-state index contributed by atoms with van der Waals surface area (Å²) in [5.74, 6) is 0.539. The summed E-state index contributed by atoms with van der Waals surface area (Å²) in [6.07, 6.45) is 1.90. The number of benzene rings is 1. The first kappa shape index (κ1) is 16.7. The average Bonchev–Trinajstić information content (AvgIpc) is 3.02. The van der Waals surface area contributed by atoms with Gasteiger partial charge < -0.3 is 0 Å². The first-order valence-corrected chi connectivity index (χ1v) is 7.99. The van der Waals surface area contributed by atoms with Gasteiger partial charge in [0.1, 0.15) is 5.69 Å². The largest absolute Gasteiger partial charge is 0.292 e. The van der Waals surface area contributed by atoms with Gasteiger partial charge in [-0.05, 0) is 43.2 Å². The summed E-state index contributed by atoms with van der Waals surface area (Å²) in [5, 5.41) is 12.5. The number of carbonyl (C=O) groups excluding carboxylic acids is 1. The van der Waals surface area contributed by atoms with Gasteiger partial charge in [0.05, 0.1) is 5.69 Å². The third-order valence-corrected chi connectivity index (χ3v) is 4.01. The van der Waals surface area contributed by atoms with Crippen LogP contribution in [-0.2, 0) is 13.5 Å². The molecular weight excluding hydrogens is 314 g/mol. The van der Waals surface area contributed by atoms with Crippen molar-refractivity contribution in [2.75, 3.05) is 0 Å². The number of hydrogen-bond donors (Lipinski definition) is 0. The van der Waals surface area contributed by atoms with E-state index in [1.54, 1.807) is 30.1 Å². The van der Waals surface area contributed by atoms with Crippen LogP contribution in [-0.4, -0.2) is 20.5 Å². The summed E-state index contributed by atoms with van der Waals surface area (Å²) < 4.78 is 1.58. The Morgan fingerprint density at radius 1 is 1.08 bits per heavy atom. The van der Waals surface area contributed by atoms with Crippen LogP contribution in [0.2, 0.25) is 0 Å². The van der Waals surface area contributed by atoms with Crippen molar-refractivity contribution in [1.82, 2.24) is 14.8 Å². The highest BCUT2D eigenvalue weighted by atomic mass is 16.1. The zero-order valence-corrected chi connectivity index (χ0v) is 14.5. The second-order valence-corrected chi connectivity index (χ2v) is 5.84. The number of azo groups is 1. The van der Waals surface area contributed by atoms with Crippen LogP contribution in [0.4, 0.5) is 11.5 Å². The maximum absolute atomic E-state index is 12.4. The fourth-order valence-electron chi connectivity index (χ4n) is 2.51. The third-order valence-electron chi connectivity index (χ3n) is 4.01. The first-order chi connectivity index (χ1) is 12.0. The van der Waals surface area contributed by atoms with Gasteiger partial charge in [0, 0.05) is 25.4 Å². The molecule has 6 nitrogen and oxygen atoms in total. The number of pyridine rings is 1. The van der Waals surface area contributed by atoms with E-state index in [1.807, 2.05) is 44.2 Å². The molecule has 0 bridgehead atoms. The molecule has 0 spiro atoms. The van der Waals surface area contributed by atoms with Crippen molar-refractivity contribution in [1.29, 1.82) is 0 Å². The van der Waals surface area contributed by atoms with Crippen molar-refractivity contribution in [3.8, 4) is 0 Å². The van der Waals surface area contributed by atoms with Gasteiger partial charge in [-0.1, -0.05) is 24.3 Å². The van der Waals surface area contributed by atoms with Gasteiger partial charge in [0.15, 0.2) is 11.6 Å². The Morgan fingerprint density at radius 3 is 2.56 bits per heavy atom. The van der Waals surface area contributed by atoms with E-state index in [0.717, 1.165) is 22.5 Å². The van der Waals surface area contributed by atoms with E-state index in [4.69, 9.17) is 0 Å². The lowest BCUT2D eigenvalue weighted by atomic mass is 10.1. The van der Waals surface area contributed by atoms with Crippen molar-refractivity contribution in [2.45, 2.75) is 20.3 Å². The molecule has 0 atom stereocenters. The minimum absolute atomic E-state index is 0.0131. The number of hydrogen-bond acceptors (Lipinski definition) is 5. The van der Waals surface area contributed by atoms with E-state index < -0.39 is 0 Å². The zero-order valence-electron chi connectivity index (χ0n) is 14.5. The Bertz CT molecular complexity index is 942. The Labute approximate surface area is 146 Å². The Morgan fingerprint density at radius 2 is 1.88 bits per heavy atom. The summed E-state index contributed by atoms with van der Waals surface area (Å²) in [4.78, 5) is 16.8. The maximum Gasteiger partial charge on any atom is 0.185 e. The highest BCUT2D eigenvalue weighted by Crippen LogP contribution is 2.21. The second-order valence-electron chi connectivity index (χ2n) is 5.84. The molecule has 0 saturated carbocycles. The summed E-state index contributed by atoms with van der Waals surface area (Å²) in [7, 11) is 1.76. The monoisotopic (exact) mass is 333 g/mol. The number of aryl methyl sites for hydroxylation is 3. The van der Waals surface area contributed by atoms with Crippen LogP contribution < -0.4 is 0 Å². The van der Waals surface area contributed by atoms with Crippen LogP contribution in [0.15, 0.2) is 58.9 Å². The third kappa shape index (κ3) is 3.85. The van der Waals surface area contributed by atoms with E-state index in [9.17, 15) is 4.79 Å². The lowest BCUT2D eigenvalue weighted by Gasteiger charge is -2.05. The fraction of sp³-hybridized carbons (Fsp3) is 0.211. The zero-order chi connectivity index (χ0) is 17.8. The second kappa shape index (κ2) is 7.17. The Balaban J connectivity index is 1.76. The van der Waals surface area contributed by atoms with E-state index >= 15 is 0 Å². The molecule has 0 aliphatic carbocycles. The molecule has 0 amide bonds. The lowest BCUT2D eigenvalue weighted by Crippen LogP contribution is -2.10. The molecule has 2 aromatic heterocycles. The minimum Gasteiger partial charge on any atom is -0.292 e. The quantitative estimate of drug-likeness (QED) is 0.517. The van der Waals surface area contributed by atoms with Gasteiger partial charge >= 0.3 is 0 Å². The minimum atomic E-state index is 0.0131. The molecule has 3 rings (SSSR count). The summed E-state index contributed by atoms with van der Waals surface area (Å²) in [6.45, 7) is 3.86. The fourth-order valence-corrected chi connectivity index (χ4v) is 2.51. The van der Waals surface area contributed by atoms with Crippen molar-refractivity contribution in [3.05, 3.63) is 71.2 Å². The Hall–Kier alpha value is -3.15. The molecule has 0 fully saturated rings. The van der Waals surface area contributed by atoms with Crippen molar-refractivity contribution in [2.24, 2.45) is 17.3 Å². The topological polar surface area (TPSA) is 72.5 Å². The highest BCUT2D eigenvalue weighted by Gasteiger charge is 2.13. The molecule has 1 aromatic carbocycles. The highest BCUT2D eigenvalue weighted by molar-refractivity contribution is 5.96. The normalized spacial score (nSPS) is 11.2. The molecular formula is C19H19N5O. The Kier molecular flexibility index (Phi) is 4.79. The number of ketones is 1. The van der Waals surface area contributed by atoms with Crippen LogP contribution in [0, 0.1) is 13.8 Å². The molecule has 0 aliphatic rings. The van der Waals surface area contributed by atoms with E-state index in [0.29, 0.717) is 11.5 Å². The summed E-state index contributed by atoms with van der Waals surface area (Å²) in [6, 6.07) is 13.2. The van der Waals surface area contributed by atoms with Crippen molar-refractivity contribution >= 4 is 17.3 Å². The number of Topliss-reactive ketones (excluding diaryl/α,β-unsaturated/α-hetero) is 1. The SMILES string of the molecule is Cc1ccccc1N=Nc1ccc(CC(=O)c2ccnn2C)c(C)n1. The molecule has 6 heteroatoms. The maximum atomic E-state index is 12.4. The number of rotatable bonds is 5. The summed E-state index contributed by atoms with van der Waals surface area (Å²) in [5.41, 5.74) is 4.11. The van der Waals surface area contributed by atoms with Gasteiger partial charge in [-0.15, -0.1) is 10.2 Å². The molecule has 0 saturated heterocycles.